The molecule has 0 saturated carbocycles. The van der Waals surface area contributed by atoms with Gasteiger partial charge in [-0.3, -0.25) is 0 Å². The van der Waals surface area contributed by atoms with E-state index in [1.807, 2.05) is 6.92 Å². The zero-order chi connectivity index (χ0) is 12.6. The van der Waals surface area contributed by atoms with Crippen molar-refractivity contribution in [3.8, 4) is 0 Å². The molecule has 0 radical (unpaired) electrons. The van der Waals surface area contributed by atoms with Gasteiger partial charge in [-0.1, -0.05) is 19.9 Å². The Balaban J connectivity index is 3.89. The molecule has 5 heteroatoms. The number of amides is 1. The topological polar surface area (TPSA) is 66.8 Å². The largest absolute Gasteiger partial charge is 0.465 e. The van der Waals surface area contributed by atoms with Crippen molar-refractivity contribution >= 4 is 12.1 Å². The maximum absolute atomic E-state index is 11.0. The maximum Gasteiger partial charge on any atom is 0.407 e. The summed E-state index contributed by atoms with van der Waals surface area (Å²) in [5.41, 5.74) is 0.315. The average Bonchev–Trinajstić information content (AvgIpc) is 2.21. The fourth-order valence-corrected chi connectivity index (χ4v) is 1.02. The third kappa shape index (κ3) is 6.06. The zero-order valence-electron chi connectivity index (χ0n) is 9.86. The summed E-state index contributed by atoms with van der Waals surface area (Å²) in [5, 5.41) is 8.84. The minimum Gasteiger partial charge on any atom is -0.465 e. The number of unbranched alkanes of at least 4 members (excludes halogenated alkanes) is 1. The molecule has 0 heterocycles. The van der Waals surface area contributed by atoms with Crippen LogP contribution in [0.25, 0.3) is 0 Å². The molecule has 92 valence electrons. The van der Waals surface area contributed by atoms with E-state index in [1.54, 1.807) is 6.92 Å². The molecular formula is C11H19NO4. The molecule has 5 nitrogen and oxygen atoms in total. The van der Waals surface area contributed by atoms with Crippen LogP contribution in [-0.2, 0) is 9.53 Å². The van der Waals surface area contributed by atoms with Crippen LogP contribution in [0.5, 0.6) is 0 Å². The summed E-state index contributed by atoms with van der Waals surface area (Å²) in [7, 11) is 0. The molecule has 0 aliphatic rings. The molecule has 0 fully saturated rings. The highest BCUT2D eigenvalue weighted by Gasteiger charge is 2.11. The monoisotopic (exact) mass is 229 g/mol. The van der Waals surface area contributed by atoms with Gasteiger partial charge in [0, 0.05) is 12.1 Å². The van der Waals surface area contributed by atoms with Gasteiger partial charge < -0.3 is 14.7 Å². The van der Waals surface area contributed by atoms with Gasteiger partial charge >= 0.3 is 12.1 Å². The maximum atomic E-state index is 11.0. The van der Waals surface area contributed by atoms with Gasteiger partial charge in [-0.15, -0.1) is 0 Å². The Labute approximate surface area is 95.7 Å². The number of esters is 1. The van der Waals surface area contributed by atoms with Gasteiger partial charge in [-0.25, -0.2) is 9.59 Å². The minimum atomic E-state index is -0.986. The second-order valence-corrected chi connectivity index (χ2v) is 3.54. The molecule has 0 spiro atoms. The summed E-state index contributed by atoms with van der Waals surface area (Å²) in [6.07, 6.45) is 0.746. The Hall–Kier alpha value is -1.52. The lowest BCUT2D eigenvalue weighted by Gasteiger charge is -2.18. The third-order valence-electron chi connectivity index (χ3n) is 1.99. The number of hydrogen-bond donors (Lipinski definition) is 1. The Bertz CT molecular complexity index is 263. The molecule has 0 bridgehead atoms. The third-order valence-corrected chi connectivity index (χ3v) is 1.99. The molecule has 0 atom stereocenters. The van der Waals surface area contributed by atoms with Crippen molar-refractivity contribution in [2.75, 3.05) is 19.7 Å². The van der Waals surface area contributed by atoms with E-state index in [-0.39, 0.29) is 13.2 Å². The average molecular weight is 229 g/mol. The van der Waals surface area contributed by atoms with E-state index in [2.05, 4.69) is 6.58 Å². The number of carbonyl (C=O) groups is 2. The molecule has 0 aromatic rings. The van der Waals surface area contributed by atoms with Crippen molar-refractivity contribution < 1.29 is 19.4 Å². The van der Waals surface area contributed by atoms with Gasteiger partial charge in [0.2, 0.25) is 0 Å². The first kappa shape index (κ1) is 14.5. The molecule has 0 aromatic carbocycles. The first-order valence-corrected chi connectivity index (χ1v) is 5.29. The van der Waals surface area contributed by atoms with Gasteiger partial charge in [0.15, 0.2) is 0 Å². The quantitative estimate of drug-likeness (QED) is 0.534. The van der Waals surface area contributed by atoms with Crippen molar-refractivity contribution in [3.05, 3.63) is 12.2 Å². The predicted octanol–water partition coefficient (Wildman–Crippen LogP) is 1.89. The van der Waals surface area contributed by atoms with Crippen molar-refractivity contribution in [2.24, 2.45) is 0 Å². The number of rotatable bonds is 7. The lowest BCUT2D eigenvalue weighted by Crippen LogP contribution is -2.34. The highest BCUT2D eigenvalue weighted by Crippen LogP contribution is 1.97. The van der Waals surface area contributed by atoms with E-state index >= 15 is 0 Å². The van der Waals surface area contributed by atoms with Crippen LogP contribution in [0, 0.1) is 0 Å². The summed E-state index contributed by atoms with van der Waals surface area (Å²) < 4.78 is 4.82. The van der Waals surface area contributed by atoms with E-state index in [9.17, 15) is 9.59 Å². The van der Waals surface area contributed by atoms with E-state index < -0.39 is 12.1 Å². The van der Waals surface area contributed by atoms with Crippen LogP contribution in [0.4, 0.5) is 4.79 Å². The normalized spacial score (nSPS) is 9.62. The van der Waals surface area contributed by atoms with Gasteiger partial charge in [-0.05, 0) is 13.3 Å². The SMILES string of the molecule is C=C(C)C(=O)OCCN(CCCC)C(=O)O. The van der Waals surface area contributed by atoms with Gasteiger partial charge in [-0.2, -0.15) is 0 Å². The van der Waals surface area contributed by atoms with Crippen LogP contribution in [0.3, 0.4) is 0 Å². The first-order chi connectivity index (χ1) is 7.49. The number of ether oxygens (including phenoxy) is 1. The first-order valence-electron chi connectivity index (χ1n) is 5.29. The molecule has 0 unspecified atom stereocenters. The standard InChI is InChI=1S/C11H19NO4/c1-4-5-6-12(11(14)15)7-8-16-10(13)9(2)3/h2,4-8H2,1,3H3,(H,14,15). The second-order valence-electron chi connectivity index (χ2n) is 3.54. The van der Waals surface area contributed by atoms with Crippen molar-refractivity contribution in [1.82, 2.24) is 4.90 Å². The van der Waals surface area contributed by atoms with E-state index in [0.717, 1.165) is 12.8 Å². The Kier molecular flexibility index (Phi) is 7.00. The van der Waals surface area contributed by atoms with Crippen LogP contribution in [0.2, 0.25) is 0 Å². The van der Waals surface area contributed by atoms with Crippen LogP contribution in [0.1, 0.15) is 26.7 Å². The Morgan fingerprint density at radius 1 is 1.38 bits per heavy atom. The zero-order valence-corrected chi connectivity index (χ0v) is 9.86. The lowest BCUT2D eigenvalue weighted by atomic mass is 10.3. The highest BCUT2D eigenvalue weighted by molar-refractivity contribution is 5.86. The van der Waals surface area contributed by atoms with Crippen LogP contribution in [-0.4, -0.2) is 41.8 Å². The number of carbonyl (C=O) groups excluding carboxylic acids is 1. The van der Waals surface area contributed by atoms with Crippen molar-refractivity contribution in [2.45, 2.75) is 26.7 Å². The van der Waals surface area contributed by atoms with Gasteiger partial charge in [0.1, 0.15) is 6.61 Å². The number of nitrogens with zero attached hydrogens (tertiary/aromatic N) is 1. The van der Waals surface area contributed by atoms with Crippen molar-refractivity contribution in [1.29, 1.82) is 0 Å². The molecule has 0 rings (SSSR count). The number of hydrogen-bond acceptors (Lipinski definition) is 3. The fourth-order valence-electron chi connectivity index (χ4n) is 1.02. The number of carboxylic acid groups (broad SMARTS) is 1. The summed E-state index contributed by atoms with van der Waals surface area (Å²) in [5.74, 6) is -0.485. The molecule has 1 amide bonds. The fraction of sp³-hybridized carbons (Fsp3) is 0.636. The molecule has 0 saturated heterocycles. The smallest absolute Gasteiger partial charge is 0.407 e. The lowest BCUT2D eigenvalue weighted by molar-refractivity contribution is -0.139. The van der Waals surface area contributed by atoms with Gasteiger partial charge in [0.05, 0.1) is 6.54 Å². The van der Waals surface area contributed by atoms with E-state index in [4.69, 9.17) is 9.84 Å². The van der Waals surface area contributed by atoms with Crippen LogP contribution >= 0.6 is 0 Å². The van der Waals surface area contributed by atoms with E-state index in [1.165, 1.54) is 4.90 Å². The van der Waals surface area contributed by atoms with Crippen molar-refractivity contribution in [3.63, 3.8) is 0 Å². The Morgan fingerprint density at radius 2 is 2.00 bits per heavy atom. The molecular weight excluding hydrogens is 210 g/mol. The molecule has 0 aromatic heterocycles. The second kappa shape index (κ2) is 7.73. The summed E-state index contributed by atoms with van der Waals surface area (Å²) >= 11 is 0. The molecule has 0 aliphatic heterocycles. The molecule has 0 aliphatic carbocycles. The minimum absolute atomic E-state index is 0.0711. The van der Waals surface area contributed by atoms with E-state index in [0.29, 0.717) is 12.1 Å². The van der Waals surface area contributed by atoms with Gasteiger partial charge in [0.25, 0.3) is 0 Å². The highest BCUT2D eigenvalue weighted by atomic mass is 16.5. The summed E-state index contributed by atoms with van der Waals surface area (Å²) in [6, 6.07) is 0. The molecule has 16 heavy (non-hydrogen) atoms. The van der Waals surface area contributed by atoms with Crippen LogP contribution < -0.4 is 0 Å². The predicted molar refractivity (Wildman–Crippen MR) is 60.3 cm³/mol. The summed E-state index contributed by atoms with van der Waals surface area (Å²) in [6.45, 7) is 7.71. The Morgan fingerprint density at radius 3 is 2.44 bits per heavy atom. The van der Waals surface area contributed by atoms with Crippen LogP contribution in [0.15, 0.2) is 12.2 Å². The summed E-state index contributed by atoms with van der Waals surface area (Å²) in [4.78, 5) is 23.0. The molecule has 1 N–H and O–H groups in total.